The Morgan fingerprint density at radius 2 is 0.634 bits per heavy atom. The summed E-state index contributed by atoms with van der Waals surface area (Å²) < 4.78 is 2.59. The highest BCUT2D eigenvalue weighted by molar-refractivity contribution is 7.00. The zero-order chi connectivity index (χ0) is 78.8. The van der Waals surface area contributed by atoms with Crippen molar-refractivity contribution in [3.05, 3.63) is 334 Å². The molecule has 3 nitrogen and oxygen atoms in total. The first-order valence-corrected chi connectivity index (χ1v) is 41.0. The van der Waals surface area contributed by atoms with E-state index in [1.807, 2.05) is 0 Å². The van der Waals surface area contributed by atoms with Crippen molar-refractivity contribution in [1.29, 1.82) is 0 Å². The summed E-state index contributed by atoms with van der Waals surface area (Å²) in [6.45, 7) is 49.0. The van der Waals surface area contributed by atoms with E-state index in [-0.39, 0.29) is 50.5 Å². The minimum Gasteiger partial charge on any atom is -0.310 e. The van der Waals surface area contributed by atoms with E-state index in [2.05, 4.69) is 427 Å². The number of para-hydroxylation sites is 2. The Bertz CT molecular complexity index is 5780. The number of benzene rings is 13. The number of fused-ring (bicyclic) bond motifs is 9. The third-order valence-corrected chi connectivity index (χ3v) is 24.9. The molecule has 0 bridgehead atoms. The average Bonchev–Trinajstić information content (AvgIpc) is 0.811. The summed E-state index contributed by atoms with van der Waals surface area (Å²) in [4.78, 5) is 5.53. The number of nitrogens with zero attached hydrogens (tertiary/aromatic N) is 3. The summed E-state index contributed by atoms with van der Waals surface area (Å²) in [5, 5.41) is 2.54. The molecule has 0 atom stereocenters. The highest BCUT2D eigenvalue weighted by Gasteiger charge is 2.47. The summed E-state index contributed by atoms with van der Waals surface area (Å²) >= 11 is 0. The molecular weight excluding hydrogens is 1350 g/mol. The lowest BCUT2D eigenvalue weighted by atomic mass is 9.33. The van der Waals surface area contributed by atoms with Crippen LogP contribution in [0.3, 0.4) is 0 Å². The van der Waals surface area contributed by atoms with Crippen molar-refractivity contribution < 1.29 is 0 Å². The van der Waals surface area contributed by atoms with Gasteiger partial charge in [-0.3, -0.25) is 0 Å². The van der Waals surface area contributed by atoms with Crippen molar-refractivity contribution in [1.82, 2.24) is 4.57 Å². The van der Waals surface area contributed by atoms with Crippen LogP contribution in [0.1, 0.15) is 218 Å². The molecule has 1 aromatic heterocycles. The second kappa shape index (κ2) is 26.5. The molecule has 14 aromatic rings. The zero-order valence-electron chi connectivity index (χ0n) is 70.1. The van der Waals surface area contributed by atoms with Gasteiger partial charge in [0, 0.05) is 67.4 Å². The van der Waals surface area contributed by atoms with E-state index in [1.165, 1.54) is 167 Å². The molecule has 17 rings (SSSR count). The van der Waals surface area contributed by atoms with Gasteiger partial charge in [0.15, 0.2) is 0 Å². The van der Waals surface area contributed by atoms with E-state index in [0.717, 1.165) is 29.2 Å². The zero-order valence-corrected chi connectivity index (χ0v) is 70.1. The fraction of sp³-hybridized carbons (Fsp3) is 0.278. The maximum Gasteiger partial charge on any atom is 0.252 e. The molecule has 1 aliphatic carbocycles. The van der Waals surface area contributed by atoms with Crippen molar-refractivity contribution in [3.8, 4) is 50.2 Å². The van der Waals surface area contributed by atoms with E-state index in [9.17, 15) is 0 Å². The predicted molar refractivity (Wildman–Crippen MR) is 484 cm³/mol. The van der Waals surface area contributed by atoms with E-state index < -0.39 is 0 Å². The number of aromatic nitrogens is 1. The van der Waals surface area contributed by atoms with E-state index in [1.54, 1.807) is 0 Å². The topological polar surface area (TPSA) is 11.4 Å². The quantitative estimate of drug-likeness (QED) is 0.141. The second-order valence-corrected chi connectivity index (χ2v) is 39.9. The largest absolute Gasteiger partial charge is 0.310 e. The van der Waals surface area contributed by atoms with Gasteiger partial charge in [-0.1, -0.05) is 358 Å². The highest BCUT2D eigenvalue weighted by atomic mass is 15.2. The smallest absolute Gasteiger partial charge is 0.252 e. The molecule has 0 amide bonds. The number of rotatable bonds is 8. The SMILES string of the molecule is CC(C)(C)c1ccc(-c2cccc(-c3ccc(C(C)(C)C)cc3)c2N2c3ccc(C4c5ccccc5Cc5ccccc54)cc3B3c4ccc(-n5c6ccc(C(C)(C)C)cc6c6cc(C(C)(C)C)ccc65)cc4N(c4c(-c5ccc(C(C)(C)C)cc5)cccc4-c4ccc(C(C)(C)C)cc4)c4cc(C(C)(C)C)cc2c43)cc1. The Hall–Kier alpha value is -10.7. The van der Waals surface area contributed by atoms with Gasteiger partial charge in [0.05, 0.1) is 22.4 Å². The third-order valence-electron chi connectivity index (χ3n) is 24.9. The lowest BCUT2D eigenvalue weighted by Gasteiger charge is -2.46. The van der Waals surface area contributed by atoms with Crippen LogP contribution in [-0.2, 0) is 44.3 Å². The van der Waals surface area contributed by atoms with Crippen LogP contribution < -0.4 is 26.2 Å². The first kappa shape index (κ1) is 74.1. The Labute approximate surface area is 668 Å². The van der Waals surface area contributed by atoms with Crippen LogP contribution in [-0.4, -0.2) is 11.3 Å². The molecule has 13 aromatic carbocycles. The fourth-order valence-corrected chi connectivity index (χ4v) is 18.3. The van der Waals surface area contributed by atoms with Crippen molar-refractivity contribution in [2.75, 3.05) is 9.80 Å². The molecule has 560 valence electrons. The van der Waals surface area contributed by atoms with Crippen LogP contribution in [0.4, 0.5) is 34.1 Å². The normalized spacial score (nSPS) is 14.0. The minimum atomic E-state index is -0.324. The highest BCUT2D eigenvalue weighted by Crippen LogP contribution is 2.56. The van der Waals surface area contributed by atoms with E-state index >= 15 is 0 Å². The molecule has 0 saturated carbocycles. The molecule has 0 spiro atoms. The lowest BCUT2D eigenvalue weighted by Crippen LogP contribution is -2.61. The summed E-state index contributed by atoms with van der Waals surface area (Å²) in [6, 6.07) is 106. The molecular formula is C108H110BN3. The Balaban J connectivity index is 1.05. The standard InChI is InChI=1S/C108H110BN3/c1-102(2,3)74-45-36-67(37-46-74)84-32-26-33-85(68-38-47-75(48-39-68)103(4,5)6)100(84)111-94-57-44-73(98-82-30-24-22-28-71(82)60-72-29-23-25-31-83(72)98)61-91(94)109-90-56-55-81(110-92-58-53-78(106(13,14)15)62-88(92)89-63-79(107(16,17)18)54-59-93(89)110)66-95(90)112(97-65-80(108(19,20)21)64-96(111)99(97)109)101-86(69-40-49-76(50-41-69)104(7,8)9)34-27-35-87(101)70-42-51-77(52-43-70)105(10,11)12/h22-59,61-66,98H,60H2,1-21H3. The minimum absolute atomic E-state index is 0.00633. The number of hydrogen-bond acceptors (Lipinski definition) is 2. The van der Waals surface area contributed by atoms with Gasteiger partial charge in [0.1, 0.15) is 0 Å². The monoisotopic (exact) mass is 1460 g/mol. The van der Waals surface area contributed by atoms with Gasteiger partial charge in [0.25, 0.3) is 6.71 Å². The van der Waals surface area contributed by atoms with Gasteiger partial charge in [-0.05, 0) is 204 Å². The van der Waals surface area contributed by atoms with Crippen LogP contribution in [0.2, 0.25) is 0 Å². The van der Waals surface area contributed by atoms with Crippen molar-refractivity contribution in [2.24, 2.45) is 0 Å². The van der Waals surface area contributed by atoms with Crippen molar-refractivity contribution in [2.45, 2.75) is 196 Å². The average molecular weight is 1460 g/mol. The van der Waals surface area contributed by atoms with Crippen LogP contribution >= 0.6 is 0 Å². The van der Waals surface area contributed by atoms with Gasteiger partial charge in [-0.25, -0.2) is 0 Å². The summed E-state index contributed by atoms with van der Waals surface area (Å²) in [5.41, 5.74) is 39.0. The Kier molecular flexibility index (Phi) is 17.5. The van der Waals surface area contributed by atoms with Gasteiger partial charge >= 0.3 is 0 Å². The van der Waals surface area contributed by atoms with Gasteiger partial charge in [0.2, 0.25) is 0 Å². The van der Waals surface area contributed by atoms with Gasteiger partial charge < -0.3 is 14.4 Å². The van der Waals surface area contributed by atoms with Crippen molar-refractivity contribution in [3.63, 3.8) is 0 Å². The van der Waals surface area contributed by atoms with Gasteiger partial charge in [-0.2, -0.15) is 0 Å². The van der Waals surface area contributed by atoms with Crippen molar-refractivity contribution >= 4 is 79.0 Å². The first-order valence-electron chi connectivity index (χ1n) is 41.0. The molecule has 0 saturated heterocycles. The number of hydrogen-bond donors (Lipinski definition) is 0. The molecule has 2 aliphatic heterocycles. The van der Waals surface area contributed by atoms with Gasteiger partial charge in [-0.15, -0.1) is 0 Å². The molecule has 112 heavy (non-hydrogen) atoms. The second-order valence-electron chi connectivity index (χ2n) is 39.9. The molecule has 4 heteroatoms. The molecule has 0 N–H and O–H groups in total. The number of anilines is 6. The Morgan fingerprint density at radius 1 is 0.277 bits per heavy atom. The molecule has 0 fully saturated rings. The molecule has 3 heterocycles. The first-order chi connectivity index (χ1) is 53.0. The Morgan fingerprint density at radius 3 is 1.01 bits per heavy atom. The molecule has 0 radical (unpaired) electrons. The third kappa shape index (κ3) is 12.9. The molecule has 3 aliphatic rings. The lowest BCUT2D eigenvalue weighted by molar-refractivity contribution is 0.590. The van der Waals surface area contributed by atoms with Crippen LogP contribution in [0.25, 0.3) is 72.0 Å². The summed E-state index contributed by atoms with van der Waals surface area (Å²) in [6.07, 6.45) is 0.905. The maximum atomic E-state index is 2.77. The fourth-order valence-electron chi connectivity index (χ4n) is 18.3. The van der Waals surface area contributed by atoms with Crippen LogP contribution in [0.15, 0.2) is 267 Å². The summed E-state index contributed by atoms with van der Waals surface area (Å²) in [7, 11) is 0. The summed E-state index contributed by atoms with van der Waals surface area (Å²) in [5.74, 6) is -0.00633. The molecule has 0 unspecified atom stereocenters. The predicted octanol–water partition coefficient (Wildman–Crippen LogP) is 27.7. The van der Waals surface area contributed by atoms with E-state index in [4.69, 9.17) is 0 Å². The van der Waals surface area contributed by atoms with Crippen LogP contribution in [0, 0.1) is 0 Å². The van der Waals surface area contributed by atoms with E-state index in [0.29, 0.717) is 0 Å². The maximum absolute atomic E-state index is 2.77. The van der Waals surface area contributed by atoms with Crippen LogP contribution in [0.5, 0.6) is 0 Å².